The molecule has 0 aromatic heterocycles. The highest BCUT2D eigenvalue weighted by atomic mass is 28.3. The van der Waals surface area contributed by atoms with E-state index < -0.39 is 24.2 Å². The van der Waals surface area contributed by atoms with Gasteiger partial charge in [0.25, 0.3) is 0 Å². The van der Waals surface area contributed by atoms with Gasteiger partial charge in [-0.1, -0.05) is 72.4 Å². The van der Waals surface area contributed by atoms with E-state index in [-0.39, 0.29) is 17.1 Å². The second-order valence-electron chi connectivity index (χ2n) is 11.6. The maximum atomic E-state index is 13.0. The molecule has 148 valence electrons. The van der Waals surface area contributed by atoms with Gasteiger partial charge in [0.1, 0.15) is 0 Å². The van der Waals surface area contributed by atoms with Crippen LogP contribution in [0.25, 0.3) is 0 Å². The third-order valence-corrected chi connectivity index (χ3v) is 10.6. The van der Waals surface area contributed by atoms with E-state index in [9.17, 15) is 4.79 Å². The normalized spacial score (nSPS) is 15.1. The highest BCUT2D eigenvalue weighted by Gasteiger charge is 2.46. The van der Waals surface area contributed by atoms with Crippen molar-refractivity contribution in [3.05, 3.63) is 12.2 Å². The number of esters is 1. The molecule has 0 aliphatic rings. The van der Waals surface area contributed by atoms with Crippen LogP contribution in [0.2, 0.25) is 77.1 Å². The summed E-state index contributed by atoms with van der Waals surface area (Å²) in [5.74, 6) is -0.114. The Morgan fingerprint density at radius 3 is 1.48 bits per heavy atom. The molecule has 2 nitrogen and oxygen atoms in total. The molecule has 0 rings (SSSR count). The molecule has 0 heterocycles. The molecule has 0 bridgehead atoms. The summed E-state index contributed by atoms with van der Waals surface area (Å²) in [5.41, 5.74) is 0.840. The summed E-state index contributed by atoms with van der Waals surface area (Å²) in [6.07, 6.45) is 0.911. The molecule has 0 aliphatic carbocycles. The van der Waals surface area contributed by atoms with Gasteiger partial charge >= 0.3 is 5.97 Å². The van der Waals surface area contributed by atoms with Crippen molar-refractivity contribution in [2.75, 3.05) is 0 Å². The number of carbonyl (C=O) groups is 1. The van der Waals surface area contributed by atoms with Crippen LogP contribution in [-0.2, 0) is 9.53 Å². The number of ether oxygens (including phenoxy) is 1. The first-order valence-corrected chi connectivity index (χ1v) is 22.1. The van der Waals surface area contributed by atoms with E-state index in [1.54, 1.807) is 0 Å². The quantitative estimate of drug-likeness (QED) is 0.278. The molecule has 0 saturated carbocycles. The monoisotopic (exact) mass is 416 g/mol. The Hall–Kier alpha value is 0.0775. The minimum Gasteiger partial charge on any atom is -0.464 e. The summed E-state index contributed by atoms with van der Waals surface area (Å²) in [5, 5.41) is 0. The number of hydrogen-bond donors (Lipinski definition) is 0. The van der Waals surface area contributed by atoms with Crippen LogP contribution in [0.15, 0.2) is 12.2 Å². The first-order valence-electron chi connectivity index (χ1n) is 9.81. The van der Waals surface area contributed by atoms with Crippen molar-refractivity contribution < 1.29 is 9.53 Å². The van der Waals surface area contributed by atoms with Crippen LogP contribution >= 0.6 is 0 Å². The van der Waals surface area contributed by atoms with Crippen molar-refractivity contribution in [2.24, 2.45) is 5.41 Å². The van der Waals surface area contributed by atoms with Gasteiger partial charge in [-0.15, -0.1) is 0 Å². The Bertz CT molecular complexity index is 426. The van der Waals surface area contributed by atoms with Crippen LogP contribution in [0.3, 0.4) is 0 Å². The summed E-state index contributed by atoms with van der Waals surface area (Å²) >= 11 is 0. The lowest BCUT2D eigenvalue weighted by molar-refractivity contribution is -0.141. The van der Waals surface area contributed by atoms with Crippen LogP contribution in [0, 0.1) is 5.41 Å². The van der Waals surface area contributed by atoms with Gasteiger partial charge in [0.2, 0.25) is 0 Å². The maximum absolute atomic E-state index is 13.0. The first-order chi connectivity index (χ1) is 10.9. The number of carbonyl (C=O) groups excluding carboxylic acids is 1. The van der Waals surface area contributed by atoms with Gasteiger partial charge in [-0.2, -0.15) is 0 Å². The zero-order chi connectivity index (χ0) is 20.3. The fourth-order valence-electron chi connectivity index (χ4n) is 4.11. The van der Waals surface area contributed by atoms with Gasteiger partial charge in [0.15, 0.2) is 0 Å². The van der Waals surface area contributed by atoms with Crippen LogP contribution < -0.4 is 0 Å². The van der Waals surface area contributed by atoms with E-state index in [0.717, 1.165) is 40.4 Å². The maximum Gasteiger partial charge on any atom is 0.333 e. The summed E-state index contributed by atoms with van der Waals surface area (Å²) in [4.78, 5) is 13.0. The van der Waals surface area contributed by atoms with Crippen LogP contribution in [0.4, 0.5) is 0 Å². The van der Waals surface area contributed by atoms with Gasteiger partial charge < -0.3 is 4.74 Å². The zero-order valence-electron chi connectivity index (χ0n) is 18.9. The molecule has 0 amide bonds. The highest BCUT2D eigenvalue weighted by Crippen LogP contribution is 2.49. The van der Waals surface area contributed by atoms with Gasteiger partial charge in [-0.25, -0.2) is 4.79 Å². The Labute approximate surface area is 163 Å². The van der Waals surface area contributed by atoms with Crippen molar-refractivity contribution in [1.82, 2.24) is 0 Å². The lowest BCUT2D eigenvalue weighted by Crippen LogP contribution is -2.45. The summed E-state index contributed by atoms with van der Waals surface area (Å²) in [6, 6.07) is 3.46. The predicted octanol–water partition coefficient (Wildman–Crippen LogP) is 5.19. The molecule has 0 N–H and O–H groups in total. The third-order valence-electron chi connectivity index (χ3n) is 4.38. The molecule has 0 radical (unpaired) electrons. The second-order valence-corrected chi connectivity index (χ2v) is 29.3. The summed E-state index contributed by atoms with van der Waals surface area (Å²) < 4.78 is 5.78. The zero-order valence-corrected chi connectivity index (χ0v) is 23.9. The van der Waals surface area contributed by atoms with Crippen molar-refractivity contribution in [3.63, 3.8) is 0 Å². The lowest BCUT2D eigenvalue weighted by atomic mass is 9.86. The van der Waals surface area contributed by atoms with Gasteiger partial charge in [-0.05, 0) is 30.0 Å². The Morgan fingerprint density at radius 2 is 1.24 bits per heavy atom. The Balaban J connectivity index is 6.03. The minimum absolute atomic E-state index is 0.0501. The van der Waals surface area contributed by atoms with Crippen molar-refractivity contribution in [2.45, 2.75) is 96.1 Å². The van der Waals surface area contributed by atoms with Crippen molar-refractivity contribution >= 4 is 40.4 Å². The summed E-state index contributed by atoms with van der Waals surface area (Å²) in [6.45, 7) is 28.3. The average Bonchev–Trinajstić information content (AvgIpc) is 2.30. The fourth-order valence-corrected chi connectivity index (χ4v) is 12.6. The SMILES string of the molecule is C=C(C(=O)OC([SiH3])CC)C(C[Si](C)(C)C)(C[Si](C)(C)C)C[Si](C)(C)C. The molecule has 0 spiro atoms. The molecular formula is C19H44O2Si4. The highest BCUT2D eigenvalue weighted by molar-refractivity contribution is 6.80. The topological polar surface area (TPSA) is 26.3 Å². The summed E-state index contributed by atoms with van der Waals surface area (Å²) in [7, 11) is -3.20. The van der Waals surface area contributed by atoms with E-state index in [1.807, 2.05) is 0 Å². The Morgan fingerprint density at radius 1 is 0.920 bits per heavy atom. The fraction of sp³-hybridized carbons (Fsp3) is 0.842. The van der Waals surface area contributed by atoms with Crippen molar-refractivity contribution in [3.8, 4) is 0 Å². The molecule has 6 heteroatoms. The molecule has 0 aliphatic heterocycles. The molecule has 1 atom stereocenters. The van der Waals surface area contributed by atoms with E-state index in [0.29, 0.717) is 0 Å². The van der Waals surface area contributed by atoms with E-state index in [2.05, 4.69) is 72.4 Å². The number of hydrogen-bond acceptors (Lipinski definition) is 2. The molecule has 1 unspecified atom stereocenters. The Kier molecular flexibility index (Phi) is 8.87. The average molecular weight is 417 g/mol. The first kappa shape index (κ1) is 25.1. The van der Waals surface area contributed by atoms with Gasteiger partial charge in [-0.3, -0.25) is 0 Å². The lowest BCUT2D eigenvalue weighted by Gasteiger charge is -2.45. The van der Waals surface area contributed by atoms with Gasteiger partial charge in [0, 0.05) is 29.8 Å². The molecular weight excluding hydrogens is 373 g/mol. The molecule has 0 fully saturated rings. The van der Waals surface area contributed by atoms with Gasteiger partial charge in [0.05, 0.1) is 16.0 Å². The van der Waals surface area contributed by atoms with Crippen LogP contribution in [-0.4, -0.2) is 46.2 Å². The third kappa shape index (κ3) is 10.1. The van der Waals surface area contributed by atoms with E-state index in [1.165, 1.54) is 0 Å². The number of rotatable bonds is 10. The largest absolute Gasteiger partial charge is 0.464 e. The predicted molar refractivity (Wildman–Crippen MR) is 126 cm³/mol. The molecule has 0 saturated heterocycles. The molecule has 0 aromatic rings. The molecule has 0 aromatic carbocycles. The van der Waals surface area contributed by atoms with Crippen LogP contribution in [0.1, 0.15) is 13.3 Å². The van der Waals surface area contributed by atoms with Crippen molar-refractivity contribution in [1.29, 1.82) is 0 Å². The van der Waals surface area contributed by atoms with Crippen LogP contribution in [0.5, 0.6) is 0 Å². The van der Waals surface area contributed by atoms with E-state index >= 15 is 0 Å². The minimum atomic E-state index is -1.36. The van der Waals surface area contributed by atoms with E-state index in [4.69, 9.17) is 4.74 Å². The standard InChI is InChI=1S/C19H44O2Si4/c1-12-17(22)21-18(20)16(2)19(13-23(3,4)5,14-24(6,7)8)15-25(9,10)11/h17H,2,12-15H2,1,3-11,22H3. The second kappa shape index (κ2) is 8.84. The smallest absolute Gasteiger partial charge is 0.333 e. The molecule has 25 heavy (non-hydrogen) atoms.